The summed E-state index contributed by atoms with van der Waals surface area (Å²) in [5, 5.41) is 5.21. The van der Waals surface area contributed by atoms with Gasteiger partial charge in [-0.25, -0.2) is 8.42 Å². The van der Waals surface area contributed by atoms with E-state index in [0.29, 0.717) is 28.7 Å². The summed E-state index contributed by atoms with van der Waals surface area (Å²) in [7, 11) is -3.77. The van der Waals surface area contributed by atoms with E-state index in [1.165, 1.54) is 6.07 Å². The van der Waals surface area contributed by atoms with Crippen LogP contribution < -0.4 is 20.3 Å². The van der Waals surface area contributed by atoms with Gasteiger partial charge < -0.3 is 25.0 Å². The lowest BCUT2D eigenvalue weighted by molar-refractivity contribution is -0.154. The van der Waals surface area contributed by atoms with Crippen molar-refractivity contribution in [2.45, 2.75) is 76.8 Å². The molecule has 0 aromatic heterocycles. The molecule has 0 saturated carbocycles. The van der Waals surface area contributed by atoms with Gasteiger partial charge in [0.05, 0.1) is 20.8 Å². The van der Waals surface area contributed by atoms with E-state index in [-0.39, 0.29) is 22.9 Å². The zero-order valence-corrected chi connectivity index (χ0v) is 31.2. The maximum atomic E-state index is 14.1. The van der Waals surface area contributed by atoms with Gasteiger partial charge in [-0.3, -0.25) is 14.4 Å². The van der Waals surface area contributed by atoms with Crippen molar-refractivity contribution in [3.63, 3.8) is 0 Å². The third-order valence-corrected chi connectivity index (χ3v) is 11.0. The minimum atomic E-state index is -3.77. The number of sulfone groups is 1. The van der Waals surface area contributed by atoms with Gasteiger partial charge in [0.25, 0.3) is 5.91 Å². The van der Waals surface area contributed by atoms with Crippen LogP contribution in [0.15, 0.2) is 82.2 Å². The first-order valence-corrected chi connectivity index (χ1v) is 19.0. The molecule has 10 nitrogen and oxygen atoms in total. The maximum Gasteiger partial charge on any atom is 0.325 e. The molecule has 2 atom stereocenters. The molecule has 1 heterocycles. The van der Waals surface area contributed by atoms with Gasteiger partial charge in [0.15, 0.2) is 16.4 Å². The van der Waals surface area contributed by atoms with E-state index >= 15 is 0 Å². The van der Waals surface area contributed by atoms with Crippen molar-refractivity contribution in [2.24, 2.45) is 5.41 Å². The van der Waals surface area contributed by atoms with Crippen molar-refractivity contribution in [2.75, 3.05) is 30.3 Å². The van der Waals surface area contributed by atoms with E-state index < -0.39 is 51.3 Å². The number of nitrogens with one attached hydrogen (secondary N) is 2. The average Bonchev–Trinajstić information content (AvgIpc) is 3.15. The van der Waals surface area contributed by atoms with Gasteiger partial charge in [-0.2, -0.15) is 0 Å². The lowest BCUT2D eigenvalue weighted by Crippen LogP contribution is -2.44. The summed E-state index contributed by atoms with van der Waals surface area (Å²) in [6.07, 6.45) is 3.35. The highest BCUT2D eigenvalue weighted by Gasteiger charge is 2.42. The largest absolute Gasteiger partial charge is 0.483 e. The second-order valence-electron chi connectivity index (χ2n) is 13.4. The topological polar surface area (TPSA) is 131 Å². The fraction of sp³-hybridized carbons (Fsp3) is 0.432. The summed E-state index contributed by atoms with van der Waals surface area (Å²) in [6, 6.07) is 20.4. The van der Waals surface area contributed by atoms with Gasteiger partial charge in [-0.1, -0.05) is 75.2 Å². The molecule has 2 amide bonds. The van der Waals surface area contributed by atoms with E-state index in [0.717, 1.165) is 24.9 Å². The van der Waals surface area contributed by atoms with Crippen LogP contribution in [0, 0.1) is 5.41 Å². The summed E-state index contributed by atoms with van der Waals surface area (Å²) < 4.78 is 39.9. The van der Waals surface area contributed by atoms with E-state index in [2.05, 4.69) is 38.4 Å². The summed E-state index contributed by atoms with van der Waals surface area (Å²) in [5.41, 5.74) is 0.731. The molecule has 1 unspecified atom stereocenters. The highest BCUT2D eigenvalue weighted by molar-refractivity contribution is 9.10. The van der Waals surface area contributed by atoms with Gasteiger partial charge in [0, 0.05) is 23.7 Å². The standard InChI is InChI=1S/C37H46BrN3O7S/c1-6-8-19-37(7-2)24-41(27-17-13-10-14-18-27)29-20-28(38)30(21-31(29)49(45,46)25-37)47-23-32(42)40-34(26-15-11-9-12-16-26)35(44)39-22-33(43)48-36(3,4)5/h9-18,20-21,34H,6-8,19,22-25H2,1-5H3,(H,39,44)(H,40,42)/t34-,37?/m1/s1. The number of para-hydroxylation sites is 1. The number of fused-ring (bicyclic) bond motifs is 1. The Bertz CT molecular complexity index is 1730. The van der Waals surface area contributed by atoms with Crippen LogP contribution in [0.2, 0.25) is 0 Å². The Kier molecular flexibility index (Phi) is 12.5. The number of unbranched alkanes of at least 4 members (excludes halogenated alkanes) is 1. The number of benzene rings is 3. The van der Waals surface area contributed by atoms with Crippen molar-refractivity contribution < 1.29 is 32.3 Å². The molecule has 4 rings (SSSR count). The molecule has 0 radical (unpaired) electrons. The van der Waals surface area contributed by atoms with Crippen LogP contribution in [-0.4, -0.2) is 57.3 Å². The summed E-state index contributed by atoms with van der Waals surface area (Å²) >= 11 is 3.56. The molecular formula is C37H46BrN3O7S. The molecule has 0 spiro atoms. The smallest absolute Gasteiger partial charge is 0.325 e. The van der Waals surface area contributed by atoms with Gasteiger partial charge in [-0.05, 0) is 73.3 Å². The van der Waals surface area contributed by atoms with Crippen LogP contribution in [0.1, 0.15) is 71.9 Å². The van der Waals surface area contributed by atoms with Crippen molar-refractivity contribution >= 4 is 54.9 Å². The Morgan fingerprint density at radius 2 is 1.65 bits per heavy atom. The van der Waals surface area contributed by atoms with Crippen LogP contribution in [-0.2, 0) is 29.0 Å². The Morgan fingerprint density at radius 3 is 2.27 bits per heavy atom. The number of halogens is 1. The molecule has 3 aromatic carbocycles. The maximum absolute atomic E-state index is 14.1. The van der Waals surface area contributed by atoms with Gasteiger partial charge in [0.2, 0.25) is 5.91 Å². The monoisotopic (exact) mass is 755 g/mol. The third kappa shape index (κ3) is 10.1. The number of nitrogens with zero attached hydrogens (tertiary/aromatic N) is 1. The number of rotatable bonds is 13. The first-order valence-electron chi connectivity index (χ1n) is 16.5. The van der Waals surface area contributed by atoms with Crippen molar-refractivity contribution in [3.05, 3.63) is 82.8 Å². The third-order valence-electron chi connectivity index (χ3n) is 8.39. The molecule has 0 saturated heterocycles. The van der Waals surface area contributed by atoms with E-state index in [1.807, 2.05) is 37.3 Å². The molecule has 12 heteroatoms. The number of carbonyl (C=O) groups is 3. The highest BCUT2D eigenvalue weighted by Crippen LogP contribution is 2.46. The molecule has 1 aliphatic heterocycles. The Hall–Kier alpha value is -3.90. The fourth-order valence-electron chi connectivity index (χ4n) is 5.90. The number of hydrogen-bond acceptors (Lipinski definition) is 8. The fourth-order valence-corrected chi connectivity index (χ4v) is 8.53. The van der Waals surface area contributed by atoms with Crippen molar-refractivity contribution in [1.82, 2.24) is 10.6 Å². The molecule has 49 heavy (non-hydrogen) atoms. The molecule has 1 aliphatic rings. The highest BCUT2D eigenvalue weighted by atomic mass is 79.9. The second-order valence-corrected chi connectivity index (χ2v) is 16.2. The molecular weight excluding hydrogens is 710 g/mol. The molecule has 3 aromatic rings. The molecule has 2 N–H and O–H groups in total. The zero-order valence-electron chi connectivity index (χ0n) is 28.8. The van der Waals surface area contributed by atoms with Crippen LogP contribution >= 0.6 is 15.9 Å². The number of carbonyl (C=O) groups excluding carboxylic acids is 3. The van der Waals surface area contributed by atoms with Crippen molar-refractivity contribution in [1.29, 1.82) is 0 Å². The first kappa shape index (κ1) is 37.9. The minimum Gasteiger partial charge on any atom is -0.483 e. The lowest BCUT2D eigenvalue weighted by atomic mass is 9.81. The Balaban J connectivity index is 1.58. The predicted octanol–water partition coefficient (Wildman–Crippen LogP) is 6.66. The van der Waals surface area contributed by atoms with E-state index in [4.69, 9.17) is 9.47 Å². The quantitative estimate of drug-likeness (QED) is 0.186. The number of anilines is 2. The van der Waals surface area contributed by atoms with Gasteiger partial charge in [-0.15, -0.1) is 0 Å². The normalized spacial score (nSPS) is 17.6. The second kappa shape index (κ2) is 16.2. The number of esters is 1. The SMILES string of the molecule is CCCCC1(CC)CN(c2ccccc2)c2cc(Br)c(OCC(=O)N[C@@H](C(=O)NCC(=O)OC(C)(C)C)c3ccccc3)cc2S(=O)(=O)C1. The lowest BCUT2D eigenvalue weighted by Gasteiger charge is -2.36. The van der Waals surface area contributed by atoms with E-state index in [9.17, 15) is 22.8 Å². The Labute approximate surface area is 298 Å². The van der Waals surface area contributed by atoms with Gasteiger partial charge in [0.1, 0.15) is 23.9 Å². The van der Waals surface area contributed by atoms with Gasteiger partial charge >= 0.3 is 5.97 Å². The van der Waals surface area contributed by atoms with Crippen LogP contribution in [0.3, 0.4) is 0 Å². The first-order chi connectivity index (χ1) is 23.2. The zero-order chi connectivity index (χ0) is 35.8. The number of ether oxygens (including phenoxy) is 2. The summed E-state index contributed by atoms with van der Waals surface area (Å²) in [5.74, 6) is -1.68. The number of amides is 2. The summed E-state index contributed by atoms with van der Waals surface area (Å²) in [4.78, 5) is 40.8. The van der Waals surface area contributed by atoms with Crippen LogP contribution in [0.5, 0.6) is 5.75 Å². The molecule has 0 fully saturated rings. The Morgan fingerprint density at radius 1 is 1.00 bits per heavy atom. The average molecular weight is 757 g/mol. The van der Waals surface area contributed by atoms with E-state index in [1.54, 1.807) is 57.2 Å². The van der Waals surface area contributed by atoms with Crippen molar-refractivity contribution in [3.8, 4) is 5.75 Å². The molecule has 0 aliphatic carbocycles. The molecule has 264 valence electrons. The number of hydrogen-bond donors (Lipinski definition) is 2. The van der Waals surface area contributed by atoms with Crippen LogP contribution in [0.4, 0.5) is 11.4 Å². The van der Waals surface area contributed by atoms with Crippen LogP contribution in [0.25, 0.3) is 0 Å². The predicted molar refractivity (Wildman–Crippen MR) is 194 cm³/mol. The molecule has 0 bridgehead atoms. The minimum absolute atomic E-state index is 0.00838. The summed E-state index contributed by atoms with van der Waals surface area (Å²) in [6.45, 7) is 8.99.